The molecule has 0 saturated carbocycles. The van der Waals surface area contributed by atoms with Gasteiger partial charge in [0, 0.05) is 5.69 Å². The molecule has 0 amide bonds. The number of nitrogen functional groups attached to an aromatic ring is 1. The lowest BCUT2D eigenvalue weighted by Gasteiger charge is -2.08. The third kappa shape index (κ3) is 3.78. The Balaban J connectivity index is 1.64. The van der Waals surface area contributed by atoms with Crippen LogP contribution < -0.4 is 10.5 Å². The quantitative estimate of drug-likeness (QED) is 0.409. The fraction of sp³-hybridized carbons (Fsp3) is 0. The van der Waals surface area contributed by atoms with Crippen LogP contribution in [0, 0.1) is 5.82 Å². The van der Waals surface area contributed by atoms with Crippen molar-refractivity contribution in [2.45, 2.75) is 4.90 Å². The maximum absolute atomic E-state index is 13.0. The molecule has 0 bridgehead atoms. The average Bonchev–Trinajstić information content (AvgIpc) is 3.12. The Morgan fingerprint density at radius 3 is 2.38 bits per heavy atom. The highest BCUT2D eigenvalue weighted by Gasteiger charge is 2.16. The zero-order valence-electron chi connectivity index (χ0n) is 14.5. The molecule has 0 radical (unpaired) electrons. The summed E-state index contributed by atoms with van der Waals surface area (Å²) in [6, 6.07) is 12.6. The van der Waals surface area contributed by atoms with Crippen molar-refractivity contribution in [3.8, 4) is 5.69 Å². The molecule has 0 aliphatic rings. The van der Waals surface area contributed by atoms with E-state index in [4.69, 9.17) is 17.3 Å². The van der Waals surface area contributed by atoms with Crippen LogP contribution in [0.3, 0.4) is 0 Å². The maximum Gasteiger partial charge on any atom is 0.261 e. The summed E-state index contributed by atoms with van der Waals surface area (Å²) < 4.78 is 41.0. The van der Waals surface area contributed by atoms with Gasteiger partial charge in [-0.1, -0.05) is 11.6 Å². The molecule has 0 aliphatic carbocycles. The van der Waals surface area contributed by atoms with Crippen LogP contribution in [-0.2, 0) is 10.0 Å². The van der Waals surface area contributed by atoms with Gasteiger partial charge in [-0.3, -0.25) is 4.72 Å². The van der Waals surface area contributed by atoms with Gasteiger partial charge in [-0.05, 0) is 70.5 Å². The molecule has 0 atom stereocenters. The van der Waals surface area contributed by atoms with E-state index >= 15 is 0 Å². The third-order valence-corrected chi connectivity index (χ3v) is 6.59. The molecule has 0 saturated heterocycles. The third-order valence-electron chi connectivity index (χ3n) is 4.08. The molecule has 1 heterocycles. The summed E-state index contributed by atoms with van der Waals surface area (Å²) in [5.74, 6) is -0.453. The highest BCUT2D eigenvalue weighted by molar-refractivity contribution is 9.10. The van der Waals surface area contributed by atoms with E-state index in [-0.39, 0.29) is 10.6 Å². The second-order valence-electron chi connectivity index (χ2n) is 6.05. The Bertz CT molecular complexity index is 1330. The van der Waals surface area contributed by atoms with Gasteiger partial charge in [-0.25, -0.2) is 12.8 Å². The summed E-state index contributed by atoms with van der Waals surface area (Å²) in [5, 5.41) is 9.07. The molecular formula is C18H12BrClFN5O2S. The second kappa shape index (κ2) is 7.29. The molecule has 1 aromatic heterocycles. The molecule has 4 rings (SSSR count). The average molecular weight is 497 g/mol. The first-order chi connectivity index (χ1) is 13.7. The summed E-state index contributed by atoms with van der Waals surface area (Å²) in [4.78, 5) is 1.39. The van der Waals surface area contributed by atoms with Gasteiger partial charge in [-0.2, -0.15) is 4.80 Å². The summed E-state index contributed by atoms with van der Waals surface area (Å²) >= 11 is 9.42. The number of hydrogen-bond donors (Lipinski definition) is 2. The summed E-state index contributed by atoms with van der Waals surface area (Å²) in [6.45, 7) is 0. The summed E-state index contributed by atoms with van der Waals surface area (Å²) in [7, 11) is -3.83. The first kappa shape index (κ1) is 19.6. The van der Waals surface area contributed by atoms with Crippen LogP contribution in [0.2, 0.25) is 5.02 Å². The van der Waals surface area contributed by atoms with Gasteiger partial charge in [0.05, 0.1) is 25.8 Å². The van der Waals surface area contributed by atoms with Crippen molar-refractivity contribution >= 4 is 60.0 Å². The number of benzene rings is 3. The molecule has 0 aliphatic heterocycles. The van der Waals surface area contributed by atoms with Crippen molar-refractivity contribution in [2.24, 2.45) is 0 Å². The fourth-order valence-electron chi connectivity index (χ4n) is 2.61. The van der Waals surface area contributed by atoms with Crippen LogP contribution in [0.4, 0.5) is 15.8 Å². The molecule has 0 fully saturated rings. The van der Waals surface area contributed by atoms with E-state index in [9.17, 15) is 12.8 Å². The molecular weight excluding hydrogens is 485 g/mol. The van der Waals surface area contributed by atoms with Crippen LogP contribution in [0.15, 0.2) is 64.0 Å². The Morgan fingerprint density at radius 1 is 1.07 bits per heavy atom. The van der Waals surface area contributed by atoms with Gasteiger partial charge in [0.1, 0.15) is 16.9 Å². The first-order valence-electron chi connectivity index (χ1n) is 8.14. The van der Waals surface area contributed by atoms with Crippen molar-refractivity contribution in [1.82, 2.24) is 15.0 Å². The molecule has 7 nitrogen and oxygen atoms in total. The number of rotatable bonds is 4. The fourth-order valence-corrected chi connectivity index (χ4v) is 4.47. The van der Waals surface area contributed by atoms with Gasteiger partial charge in [-0.15, -0.1) is 10.2 Å². The second-order valence-corrected chi connectivity index (χ2v) is 8.93. The number of halogens is 3. The Hall–Kier alpha value is -2.69. The van der Waals surface area contributed by atoms with Crippen molar-refractivity contribution in [3.05, 3.63) is 69.9 Å². The number of fused-ring (bicyclic) bond motifs is 1. The minimum atomic E-state index is -3.83. The molecule has 3 N–H and O–H groups in total. The molecule has 148 valence electrons. The Labute approximate surface area is 178 Å². The number of sulfonamides is 1. The van der Waals surface area contributed by atoms with E-state index in [1.807, 2.05) is 0 Å². The molecule has 3 aromatic carbocycles. The lowest BCUT2D eigenvalue weighted by atomic mass is 10.3. The Morgan fingerprint density at radius 2 is 1.72 bits per heavy atom. The number of nitrogens with two attached hydrogens (primary N) is 1. The SMILES string of the molecule is Nc1c(Cl)cc2nn(-c3ccc(S(=O)(=O)Nc4ccc(F)cc4)cc3)nc2c1Br. The van der Waals surface area contributed by atoms with Crippen LogP contribution in [-0.4, -0.2) is 23.4 Å². The van der Waals surface area contributed by atoms with Gasteiger partial charge in [0.25, 0.3) is 10.0 Å². The lowest BCUT2D eigenvalue weighted by Crippen LogP contribution is -2.13. The van der Waals surface area contributed by atoms with Crippen molar-refractivity contribution < 1.29 is 12.8 Å². The van der Waals surface area contributed by atoms with Gasteiger partial charge in [0.15, 0.2) is 0 Å². The molecule has 4 aromatic rings. The van der Waals surface area contributed by atoms with Crippen LogP contribution in [0.5, 0.6) is 0 Å². The standard InChI is InChI=1S/C18H12BrClFN5O2S/c19-16-17(22)14(20)9-15-18(16)24-26(23-15)12-5-7-13(8-6-12)29(27,28)25-11-3-1-10(21)2-4-11/h1-9,25H,22H2. The molecule has 29 heavy (non-hydrogen) atoms. The van der Waals surface area contributed by atoms with Crippen LogP contribution in [0.1, 0.15) is 0 Å². The van der Waals surface area contributed by atoms with Crippen molar-refractivity contribution in [2.75, 3.05) is 10.5 Å². The van der Waals surface area contributed by atoms with Crippen molar-refractivity contribution in [3.63, 3.8) is 0 Å². The van der Waals surface area contributed by atoms with E-state index < -0.39 is 15.8 Å². The van der Waals surface area contributed by atoms with Gasteiger partial charge in [0.2, 0.25) is 0 Å². The molecule has 11 heteroatoms. The zero-order chi connectivity index (χ0) is 20.8. The normalized spacial score (nSPS) is 11.7. The minimum absolute atomic E-state index is 0.0377. The smallest absolute Gasteiger partial charge is 0.261 e. The lowest BCUT2D eigenvalue weighted by molar-refractivity contribution is 0.601. The molecule has 0 spiro atoms. The topological polar surface area (TPSA) is 103 Å². The number of nitrogens with one attached hydrogen (secondary N) is 1. The Kier molecular flexibility index (Phi) is 4.93. The highest BCUT2D eigenvalue weighted by atomic mass is 79.9. The summed E-state index contributed by atoms with van der Waals surface area (Å²) in [6.07, 6.45) is 0. The minimum Gasteiger partial charge on any atom is -0.397 e. The zero-order valence-corrected chi connectivity index (χ0v) is 17.6. The maximum atomic E-state index is 13.0. The van der Waals surface area contributed by atoms with E-state index in [0.29, 0.717) is 31.9 Å². The summed E-state index contributed by atoms with van der Waals surface area (Å²) in [5.41, 5.74) is 8.11. The van der Waals surface area contributed by atoms with E-state index in [1.54, 1.807) is 18.2 Å². The van der Waals surface area contributed by atoms with Gasteiger partial charge >= 0.3 is 0 Å². The predicted molar refractivity (Wildman–Crippen MR) is 113 cm³/mol. The van der Waals surface area contributed by atoms with Gasteiger partial charge < -0.3 is 5.73 Å². The van der Waals surface area contributed by atoms with Crippen LogP contribution >= 0.6 is 27.5 Å². The monoisotopic (exact) mass is 495 g/mol. The number of aromatic nitrogens is 3. The van der Waals surface area contributed by atoms with E-state index in [1.165, 1.54) is 41.2 Å². The first-order valence-corrected chi connectivity index (χ1v) is 10.8. The van der Waals surface area contributed by atoms with E-state index in [2.05, 4.69) is 30.8 Å². The van der Waals surface area contributed by atoms with Crippen molar-refractivity contribution in [1.29, 1.82) is 0 Å². The number of anilines is 2. The van der Waals surface area contributed by atoms with Crippen LogP contribution in [0.25, 0.3) is 16.7 Å². The van der Waals surface area contributed by atoms with E-state index in [0.717, 1.165) is 0 Å². The largest absolute Gasteiger partial charge is 0.397 e. The number of hydrogen-bond acceptors (Lipinski definition) is 5. The predicted octanol–water partition coefficient (Wildman–Crippen LogP) is 4.36. The number of nitrogens with zero attached hydrogens (tertiary/aromatic N) is 3. The highest BCUT2D eigenvalue weighted by Crippen LogP contribution is 2.34. The molecule has 0 unspecified atom stereocenters.